The summed E-state index contributed by atoms with van der Waals surface area (Å²) in [6.45, 7) is 2.78. The summed E-state index contributed by atoms with van der Waals surface area (Å²) in [5, 5.41) is 8.45. The van der Waals surface area contributed by atoms with Gasteiger partial charge in [0.05, 0.1) is 6.10 Å². The maximum atomic E-state index is 10.3. The highest BCUT2D eigenvalue weighted by atomic mass is 32.3. The van der Waals surface area contributed by atoms with Gasteiger partial charge in [0.2, 0.25) is 0 Å². The van der Waals surface area contributed by atoms with Crippen LogP contribution in [-0.4, -0.2) is 30.2 Å². The molecule has 0 saturated carbocycles. The molecule has 0 aliphatic carbocycles. The Bertz CT molecular complexity index is 328. The van der Waals surface area contributed by atoms with E-state index in [0.29, 0.717) is 0 Å². The molecule has 0 amide bonds. The molecule has 0 fully saturated rings. The maximum absolute atomic E-state index is 10.3. The predicted molar refractivity (Wildman–Crippen MR) is 48.1 cm³/mol. The highest BCUT2D eigenvalue weighted by molar-refractivity contribution is 7.80. The van der Waals surface area contributed by atoms with Crippen LogP contribution < -0.4 is 0 Å². The fourth-order valence-electron chi connectivity index (χ4n) is 0.677. The first kappa shape index (κ1) is 13.1. The summed E-state index contributed by atoms with van der Waals surface area (Å²) in [6.07, 6.45) is 0.620. The molecular formula is C7H12O6S. The molecule has 0 aromatic carbocycles. The molecule has 0 spiro atoms. The van der Waals surface area contributed by atoms with Crippen LogP contribution in [0, 0.1) is 0 Å². The lowest BCUT2D eigenvalue weighted by Crippen LogP contribution is -2.13. The third-order valence-corrected chi connectivity index (χ3v) is 1.95. The first-order valence-electron chi connectivity index (χ1n) is 3.78. The zero-order valence-electron chi connectivity index (χ0n) is 7.80. The Hall–Kier alpha value is -0.920. The van der Waals surface area contributed by atoms with Crippen LogP contribution >= 0.6 is 0 Å². The molecule has 0 saturated heterocycles. The van der Waals surface area contributed by atoms with Crippen molar-refractivity contribution in [1.29, 1.82) is 0 Å². The zero-order valence-corrected chi connectivity index (χ0v) is 8.61. The third-order valence-electron chi connectivity index (χ3n) is 1.38. The van der Waals surface area contributed by atoms with Gasteiger partial charge in [-0.2, -0.15) is 8.42 Å². The minimum absolute atomic E-state index is 0.0933. The van der Waals surface area contributed by atoms with Gasteiger partial charge in [0.1, 0.15) is 0 Å². The van der Waals surface area contributed by atoms with Crippen molar-refractivity contribution in [2.24, 2.45) is 0 Å². The molecule has 0 aliphatic heterocycles. The molecule has 0 rings (SSSR count). The van der Waals surface area contributed by atoms with E-state index in [1.165, 1.54) is 19.9 Å². The number of hydrogen-bond acceptors (Lipinski definition) is 4. The van der Waals surface area contributed by atoms with Crippen LogP contribution in [-0.2, 0) is 19.4 Å². The molecule has 0 aromatic rings. The van der Waals surface area contributed by atoms with E-state index in [9.17, 15) is 13.2 Å². The largest absolute Gasteiger partial charge is 0.478 e. The van der Waals surface area contributed by atoms with Crippen LogP contribution in [0.1, 0.15) is 20.3 Å². The molecule has 1 atom stereocenters. The van der Waals surface area contributed by atoms with Gasteiger partial charge in [-0.1, -0.05) is 6.08 Å². The fourth-order valence-corrected chi connectivity index (χ4v) is 1.17. The van der Waals surface area contributed by atoms with Crippen molar-refractivity contribution in [2.45, 2.75) is 26.4 Å². The number of carboxylic acid groups (broad SMARTS) is 1. The molecule has 14 heavy (non-hydrogen) atoms. The number of carboxylic acids is 1. The van der Waals surface area contributed by atoms with Gasteiger partial charge in [-0.25, -0.2) is 8.98 Å². The Kier molecular flexibility index (Phi) is 4.75. The lowest BCUT2D eigenvalue weighted by atomic mass is 10.2. The minimum Gasteiger partial charge on any atom is -0.478 e. The van der Waals surface area contributed by atoms with Gasteiger partial charge in [0.25, 0.3) is 0 Å². The molecule has 0 aliphatic rings. The molecule has 6 nitrogen and oxygen atoms in total. The molecular weight excluding hydrogens is 212 g/mol. The summed E-state index contributed by atoms with van der Waals surface area (Å²) >= 11 is 0. The molecule has 7 heteroatoms. The highest BCUT2D eigenvalue weighted by Gasteiger charge is 2.11. The number of carbonyl (C=O) groups is 1. The Balaban J connectivity index is 4.16. The first-order valence-corrected chi connectivity index (χ1v) is 5.14. The van der Waals surface area contributed by atoms with E-state index in [2.05, 4.69) is 4.18 Å². The van der Waals surface area contributed by atoms with E-state index < -0.39 is 22.5 Å². The molecule has 0 radical (unpaired) electrons. The predicted octanol–water partition coefficient (Wildman–Crippen LogP) is 0.615. The van der Waals surface area contributed by atoms with Crippen molar-refractivity contribution < 1.29 is 27.1 Å². The molecule has 2 N–H and O–H groups in total. The van der Waals surface area contributed by atoms with Gasteiger partial charge in [-0.3, -0.25) is 4.55 Å². The molecule has 0 aromatic heterocycles. The smallest absolute Gasteiger partial charge is 0.397 e. The lowest BCUT2D eigenvalue weighted by molar-refractivity contribution is -0.132. The van der Waals surface area contributed by atoms with Gasteiger partial charge in [0, 0.05) is 5.57 Å². The standard InChI is InChI=1S/C7H12O6S/c1-5(7(8)9)3-4-6(2)13-14(10,11)12/h3,6H,4H2,1-2H3,(H,8,9)(H,10,11,12). The maximum Gasteiger partial charge on any atom is 0.397 e. The van der Waals surface area contributed by atoms with Crippen LogP contribution in [0.3, 0.4) is 0 Å². The van der Waals surface area contributed by atoms with Crippen LogP contribution in [0.2, 0.25) is 0 Å². The molecule has 0 bridgehead atoms. The highest BCUT2D eigenvalue weighted by Crippen LogP contribution is 2.05. The van der Waals surface area contributed by atoms with Crippen LogP contribution in [0.5, 0.6) is 0 Å². The lowest BCUT2D eigenvalue weighted by Gasteiger charge is -2.06. The van der Waals surface area contributed by atoms with E-state index in [0.717, 1.165) is 0 Å². The average molecular weight is 224 g/mol. The van der Waals surface area contributed by atoms with E-state index in [1.54, 1.807) is 0 Å². The Morgan fingerprint density at radius 2 is 2.07 bits per heavy atom. The summed E-state index contributed by atoms with van der Waals surface area (Å²) in [6, 6.07) is 0. The van der Waals surface area contributed by atoms with Crippen LogP contribution in [0.15, 0.2) is 11.6 Å². The van der Waals surface area contributed by atoms with E-state index in [-0.39, 0.29) is 12.0 Å². The molecule has 0 heterocycles. The second-order valence-electron chi connectivity index (χ2n) is 2.76. The van der Waals surface area contributed by atoms with Gasteiger partial charge in [-0.15, -0.1) is 0 Å². The Morgan fingerprint density at radius 3 is 2.43 bits per heavy atom. The monoisotopic (exact) mass is 224 g/mol. The third kappa shape index (κ3) is 6.58. The van der Waals surface area contributed by atoms with Gasteiger partial charge in [-0.05, 0) is 20.3 Å². The Morgan fingerprint density at radius 1 is 1.57 bits per heavy atom. The topological polar surface area (TPSA) is 101 Å². The van der Waals surface area contributed by atoms with Crippen molar-refractivity contribution in [1.82, 2.24) is 0 Å². The van der Waals surface area contributed by atoms with E-state index in [4.69, 9.17) is 9.66 Å². The summed E-state index contributed by atoms with van der Waals surface area (Å²) in [5.41, 5.74) is 0.0933. The second kappa shape index (κ2) is 5.08. The van der Waals surface area contributed by atoms with Crippen molar-refractivity contribution in [3.05, 3.63) is 11.6 Å². The number of aliphatic carboxylic acids is 1. The normalized spacial score (nSPS) is 15.2. The summed E-state index contributed by atoms with van der Waals surface area (Å²) in [7, 11) is -4.47. The van der Waals surface area contributed by atoms with Crippen molar-refractivity contribution in [2.75, 3.05) is 0 Å². The van der Waals surface area contributed by atoms with Gasteiger partial charge < -0.3 is 5.11 Å². The van der Waals surface area contributed by atoms with Crippen LogP contribution in [0.25, 0.3) is 0 Å². The number of rotatable bonds is 5. The number of hydrogen-bond donors (Lipinski definition) is 2. The van der Waals surface area contributed by atoms with Gasteiger partial charge >= 0.3 is 16.4 Å². The van der Waals surface area contributed by atoms with Gasteiger partial charge in [0.15, 0.2) is 0 Å². The van der Waals surface area contributed by atoms with Crippen molar-refractivity contribution >= 4 is 16.4 Å². The molecule has 82 valence electrons. The fraction of sp³-hybridized carbons (Fsp3) is 0.571. The summed E-state index contributed by atoms with van der Waals surface area (Å²) in [5.74, 6) is -1.08. The summed E-state index contributed by atoms with van der Waals surface area (Å²) < 4.78 is 32.9. The first-order chi connectivity index (χ1) is 6.22. The van der Waals surface area contributed by atoms with Crippen molar-refractivity contribution in [3.8, 4) is 0 Å². The zero-order chi connectivity index (χ0) is 11.4. The minimum atomic E-state index is -4.47. The second-order valence-corrected chi connectivity index (χ2v) is 3.81. The summed E-state index contributed by atoms with van der Waals surface area (Å²) in [4.78, 5) is 10.3. The van der Waals surface area contributed by atoms with E-state index in [1.807, 2.05) is 0 Å². The van der Waals surface area contributed by atoms with E-state index >= 15 is 0 Å². The van der Waals surface area contributed by atoms with Crippen molar-refractivity contribution in [3.63, 3.8) is 0 Å². The Labute approximate surface area is 82.1 Å². The average Bonchev–Trinajstić information content (AvgIpc) is 1.96. The van der Waals surface area contributed by atoms with Crippen LogP contribution in [0.4, 0.5) is 0 Å². The molecule has 1 unspecified atom stereocenters. The SMILES string of the molecule is CC(=CCC(C)OS(=O)(=O)O)C(=O)O. The quantitative estimate of drug-likeness (QED) is 0.524.